The summed E-state index contributed by atoms with van der Waals surface area (Å²) in [6, 6.07) is 47.0. The summed E-state index contributed by atoms with van der Waals surface area (Å²) < 4.78 is 0. The van der Waals surface area contributed by atoms with Crippen LogP contribution < -0.4 is 0 Å². The smallest absolute Gasteiger partial charge is 0.0791 e. The van der Waals surface area contributed by atoms with E-state index >= 15 is 0 Å². The molecular formula is C40H28N2. The molecule has 0 bridgehead atoms. The Hall–Kier alpha value is -5.34. The summed E-state index contributed by atoms with van der Waals surface area (Å²) >= 11 is 0. The number of pyridine rings is 2. The Bertz CT molecular complexity index is 2290. The van der Waals surface area contributed by atoms with E-state index in [0.29, 0.717) is 0 Å². The SMILES string of the molecule is Cc1c2c(-c3ccccc3)nc3cc(-c4ccccc4)ccc3c2c(C)c2c(-c3ccccc3)nc3ccccc3c12. The van der Waals surface area contributed by atoms with E-state index < -0.39 is 0 Å². The van der Waals surface area contributed by atoms with Crippen LogP contribution in [0.15, 0.2) is 133 Å². The standard InChI is InChI=1S/C40H28N2/c1-25-35-31-20-12-13-21-33(31)41-39(28-16-8-4-9-17-28)37(35)26(2)36-32-23-22-30(27-14-6-3-7-15-27)24-34(32)42-40(38(25)36)29-18-10-5-11-19-29/h3-24H,1-2H3. The van der Waals surface area contributed by atoms with Crippen LogP contribution in [-0.4, -0.2) is 9.97 Å². The highest BCUT2D eigenvalue weighted by Crippen LogP contribution is 2.45. The van der Waals surface area contributed by atoms with Gasteiger partial charge in [-0.2, -0.15) is 0 Å². The van der Waals surface area contributed by atoms with Gasteiger partial charge >= 0.3 is 0 Å². The highest BCUT2D eigenvalue weighted by Gasteiger charge is 2.22. The van der Waals surface area contributed by atoms with Crippen LogP contribution >= 0.6 is 0 Å². The molecule has 0 atom stereocenters. The second-order valence-electron chi connectivity index (χ2n) is 11.0. The number of hydrogen-bond acceptors (Lipinski definition) is 2. The van der Waals surface area contributed by atoms with Crippen molar-refractivity contribution in [1.29, 1.82) is 0 Å². The molecule has 0 N–H and O–H groups in total. The first-order valence-electron chi connectivity index (χ1n) is 14.4. The van der Waals surface area contributed by atoms with Gasteiger partial charge in [-0.1, -0.05) is 121 Å². The molecule has 8 rings (SSSR count). The van der Waals surface area contributed by atoms with Crippen LogP contribution in [0.5, 0.6) is 0 Å². The molecule has 2 heteroatoms. The van der Waals surface area contributed by atoms with Crippen LogP contribution in [-0.2, 0) is 0 Å². The van der Waals surface area contributed by atoms with Crippen LogP contribution in [0.2, 0.25) is 0 Å². The molecule has 0 aliphatic carbocycles. The number of hydrogen-bond donors (Lipinski definition) is 0. The lowest BCUT2D eigenvalue weighted by Gasteiger charge is -2.21. The van der Waals surface area contributed by atoms with Crippen LogP contribution in [0.25, 0.3) is 77.0 Å². The predicted octanol–water partition coefficient (Wildman–Crippen LogP) is 10.7. The largest absolute Gasteiger partial charge is 0.247 e. The van der Waals surface area contributed by atoms with Gasteiger partial charge < -0.3 is 0 Å². The summed E-state index contributed by atoms with van der Waals surface area (Å²) in [5.74, 6) is 0. The fraction of sp³-hybridized carbons (Fsp3) is 0.0500. The monoisotopic (exact) mass is 536 g/mol. The summed E-state index contributed by atoms with van der Waals surface area (Å²) in [5, 5.41) is 7.26. The third-order valence-corrected chi connectivity index (χ3v) is 8.58. The summed E-state index contributed by atoms with van der Waals surface area (Å²) in [6.07, 6.45) is 0. The molecule has 0 unspecified atom stereocenters. The quantitative estimate of drug-likeness (QED) is 0.166. The predicted molar refractivity (Wildman–Crippen MR) is 178 cm³/mol. The maximum absolute atomic E-state index is 5.41. The van der Waals surface area contributed by atoms with Gasteiger partial charge in [0.25, 0.3) is 0 Å². The molecule has 198 valence electrons. The van der Waals surface area contributed by atoms with Gasteiger partial charge in [-0.25, -0.2) is 9.97 Å². The molecule has 8 aromatic rings. The summed E-state index contributed by atoms with van der Waals surface area (Å²) in [6.45, 7) is 4.54. The molecule has 0 aliphatic rings. The van der Waals surface area contributed by atoms with Crippen molar-refractivity contribution in [2.45, 2.75) is 13.8 Å². The highest BCUT2D eigenvalue weighted by atomic mass is 14.7. The van der Waals surface area contributed by atoms with Gasteiger partial charge in [0.05, 0.1) is 22.4 Å². The van der Waals surface area contributed by atoms with E-state index in [9.17, 15) is 0 Å². The van der Waals surface area contributed by atoms with Gasteiger partial charge in [-0.3, -0.25) is 0 Å². The average molecular weight is 537 g/mol. The number of benzene rings is 6. The molecule has 0 saturated heterocycles. The fourth-order valence-corrected chi connectivity index (χ4v) is 6.66. The molecule has 0 aliphatic heterocycles. The Kier molecular flexibility index (Phi) is 5.61. The maximum atomic E-state index is 5.41. The van der Waals surface area contributed by atoms with Crippen LogP contribution in [0, 0.1) is 13.8 Å². The minimum atomic E-state index is 1.000. The van der Waals surface area contributed by atoms with Crippen molar-refractivity contribution < 1.29 is 0 Å². The highest BCUT2D eigenvalue weighted by molar-refractivity contribution is 6.25. The second kappa shape index (κ2) is 9.64. The minimum Gasteiger partial charge on any atom is -0.247 e. The van der Waals surface area contributed by atoms with Gasteiger partial charge in [-0.05, 0) is 59.0 Å². The topological polar surface area (TPSA) is 25.8 Å². The van der Waals surface area contributed by atoms with Gasteiger partial charge in [0, 0.05) is 32.7 Å². The lowest BCUT2D eigenvalue weighted by atomic mass is 9.85. The molecule has 2 heterocycles. The molecule has 0 radical (unpaired) electrons. The van der Waals surface area contributed by atoms with Crippen LogP contribution in [0.3, 0.4) is 0 Å². The first-order chi connectivity index (χ1) is 20.7. The molecule has 0 amide bonds. The third kappa shape index (κ3) is 3.73. The average Bonchev–Trinajstić information content (AvgIpc) is 3.06. The molecule has 42 heavy (non-hydrogen) atoms. The number of para-hydroxylation sites is 1. The maximum Gasteiger partial charge on any atom is 0.0791 e. The Balaban J connectivity index is 1.60. The normalized spacial score (nSPS) is 11.6. The summed E-state index contributed by atoms with van der Waals surface area (Å²) in [5.41, 5.74) is 11.1. The number of nitrogens with zero attached hydrogens (tertiary/aromatic N) is 2. The zero-order chi connectivity index (χ0) is 28.2. The van der Waals surface area contributed by atoms with Crippen LogP contribution in [0.4, 0.5) is 0 Å². The first-order valence-corrected chi connectivity index (χ1v) is 14.4. The Morgan fingerprint density at radius 3 is 1.38 bits per heavy atom. The molecule has 0 fully saturated rings. The van der Waals surface area contributed by atoms with E-state index in [1.807, 2.05) is 0 Å². The van der Waals surface area contributed by atoms with E-state index in [1.165, 1.54) is 54.6 Å². The molecule has 6 aromatic carbocycles. The number of fused-ring (bicyclic) bond motifs is 6. The van der Waals surface area contributed by atoms with E-state index in [1.54, 1.807) is 0 Å². The molecule has 2 nitrogen and oxygen atoms in total. The number of aromatic nitrogens is 2. The van der Waals surface area contributed by atoms with E-state index in [2.05, 4.69) is 147 Å². The number of rotatable bonds is 3. The van der Waals surface area contributed by atoms with Gasteiger partial charge in [-0.15, -0.1) is 0 Å². The van der Waals surface area contributed by atoms with Crippen molar-refractivity contribution >= 4 is 43.4 Å². The molecule has 0 spiro atoms. The van der Waals surface area contributed by atoms with E-state index in [4.69, 9.17) is 9.97 Å². The Labute approximate surface area is 244 Å². The van der Waals surface area contributed by atoms with Crippen LogP contribution in [0.1, 0.15) is 11.1 Å². The molecular weight excluding hydrogens is 508 g/mol. The van der Waals surface area contributed by atoms with Crippen molar-refractivity contribution in [3.8, 4) is 33.6 Å². The molecule has 2 aromatic heterocycles. The van der Waals surface area contributed by atoms with Gasteiger partial charge in [0.15, 0.2) is 0 Å². The van der Waals surface area contributed by atoms with Crippen molar-refractivity contribution in [1.82, 2.24) is 9.97 Å². The van der Waals surface area contributed by atoms with Crippen molar-refractivity contribution in [2.75, 3.05) is 0 Å². The third-order valence-electron chi connectivity index (χ3n) is 8.58. The lowest BCUT2D eigenvalue weighted by molar-refractivity contribution is 1.39. The summed E-state index contributed by atoms with van der Waals surface area (Å²) in [4.78, 5) is 10.7. The second-order valence-corrected chi connectivity index (χ2v) is 11.0. The lowest BCUT2D eigenvalue weighted by Crippen LogP contribution is -1.99. The van der Waals surface area contributed by atoms with Gasteiger partial charge in [0.1, 0.15) is 0 Å². The molecule has 0 saturated carbocycles. The Morgan fingerprint density at radius 2 is 0.810 bits per heavy atom. The summed E-state index contributed by atoms with van der Waals surface area (Å²) in [7, 11) is 0. The van der Waals surface area contributed by atoms with Gasteiger partial charge in [0.2, 0.25) is 0 Å². The fourth-order valence-electron chi connectivity index (χ4n) is 6.66. The zero-order valence-corrected chi connectivity index (χ0v) is 23.6. The number of aryl methyl sites for hydroxylation is 2. The Morgan fingerprint density at radius 1 is 0.357 bits per heavy atom. The van der Waals surface area contributed by atoms with Crippen molar-refractivity contribution in [3.05, 3.63) is 145 Å². The van der Waals surface area contributed by atoms with Crippen molar-refractivity contribution in [3.63, 3.8) is 0 Å². The van der Waals surface area contributed by atoms with Crippen molar-refractivity contribution in [2.24, 2.45) is 0 Å². The van der Waals surface area contributed by atoms with E-state index in [0.717, 1.165) is 33.5 Å². The van der Waals surface area contributed by atoms with E-state index in [-0.39, 0.29) is 0 Å². The zero-order valence-electron chi connectivity index (χ0n) is 23.6. The minimum absolute atomic E-state index is 1.000. The first kappa shape index (κ1) is 24.5.